The third-order valence-corrected chi connectivity index (χ3v) is 5.52. The van der Waals surface area contributed by atoms with Gasteiger partial charge in [0.05, 0.1) is 24.8 Å². The maximum absolute atomic E-state index is 13.1. The molecular formula is C18H24N2O6. The van der Waals surface area contributed by atoms with Gasteiger partial charge in [-0.1, -0.05) is 13.3 Å². The molecule has 2 atom stereocenters. The van der Waals surface area contributed by atoms with Gasteiger partial charge in [0.25, 0.3) is 5.91 Å². The molecule has 0 aliphatic carbocycles. The van der Waals surface area contributed by atoms with Crippen LogP contribution in [0.15, 0.2) is 11.0 Å². The fourth-order valence-corrected chi connectivity index (χ4v) is 3.65. The molecule has 3 heterocycles. The van der Waals surface area contributed by atoms with Crippen LogP contribution in [0.5, 0.6) is 5.75 Å². The van der Waals surface area contributed by atoms with Gasteiger partial charge in [-0.2, -0.15) is 0 Å². The smallest absolute Gasteiger partial charge is 0.341 e. The topological polar surface area (TPSA) is 98.1 Å². The van der Waals surface area contributed by atoms with Crippen LogP contribution >= 0.6 is 0 Å². The second-order valence-electron chi connectivity index (χ2n) is 7.03. The Balaban J connectivity index is 2.23. The first-order valence-corrected chi connectivity index (χ1v) is 8.84. The highest BCUT2D eigenvalue weighted by Crippen LogP contribution is 2.41. The Morgan fingerprint density at radius 3 is 2.85 bits per heavy atom. The first-order chi connectivity index (χ1) is 12.3. The summed E-state index contributed by atoms with van der Waals surface area (Å²) in [4.78, 5) is 38.9. The van der Waals surface area contributed by atoms with E-state index in [2.05, 4.69) is 0 Å². The number of nitrogens with zero attached hydrogens (tertiary/aromatic N) is 2. The highest BCUT2D eigenvalue weighted by molar-refractivity contribution is 5.98. The van der Waals surface area contributed by atoms with Crippen molar-refractivity contribution in [1.29, 1.82) is 0 Å². The van der Waals surface area contributed by atoms with Crippen LogP contribution in [0.3, 0.4) is 0 Å². The van der Waals surface area contributed by atoms with Crippen LogP contribution in [0.1, 0.15) is 60.0 Å². The molecule has 0 unspecified atom stereocenters. The van der Waals surface area contributed by atoms with Crippen LogP contribution in [-0.2, 0) is 4.74 Å². The third-order valence-electron chi connectivity index (χ3n) is 5.52. The van der Waals surface area contributed by atoms with E-state index >= 15 is 0 Å². The first-order valence-electron chi connectivity index (χ1n) is 8.84. The number of carbonyl (C=O) groups is 2. The Hall–Kier alpha value is -2.35. The molecule has 0 bridgehead atoms. The average Bonchev–Trinajstić information content (AvgIpc) is 2.61. The molecule has 0 aromatic carbocycles. The molecule has 1 aromatic rings. The summed E-state index contributed by atoms with van der Waals surface area (Å²) in [6.45, 7) is 5.03. The van der Waals surface area contributed by atoms with Crippen LogP contribution in [0.4, 0.5) is 0 Å². The molecule has 1 saturated heterocycles. The summed E-state index contributed by atoms with van der Waals surface area (Å²) in [5.74, 6) is -1.86. The van der Waals surface area contributed by atoms with E-state index in [4.69, 9.17) is 9.47 Å². The van der Waals surface area contributed by atoms with Gasteiger partial charge in [-0.25, -0.2) is 4.79 Å². The predicted molar refractivity (Wildman–Crippen MR) is 93.0 cm³/mol. The highest BCUT2D eigenvalue weighted by Gasteiger charge is 2.50. The average molecular weight is 364 g/mol. The van der Waals surface area contributed by atoms with Crippen molar-refractivity contribution < 1.29 is 24.2 Å². The number of pyridine rings is 1. The van der Waals surface area contributed by atoms with E-state index in [9.17, 15) is 19.5 Å². The van der Waals surface area contributed by atoms with E-state index in [1.54, 1.807) is 16.5 Å². The number of fused-ring (bicyclic) bond motifs is 3. The second-order valence-corrected chi connectivity index (χ2v) is 7.03. The Kier molecular flexibility index (Phi) is 4.79. The quantitative estimate of drug-likeness (QED) is 0.796. The Morgan fingerprint density at radius 2 is 2.19 bits per heavy atom. The van der Waals surface area contributed by atoms with Gasteiger partial charge in [0.2, 0.25) is 5.43 Å². The number of hydrogen-bond acceptors (Lipinski definition) is 5. The van der Waals surface area contributed by atoms with Gasteiger partial charge in [-0.05, 0) is 19.8 Å². The lowest BCUT2D eigenvalue weighted by molar-refractivity contribution is -0.0529. The van der Waals surface area contributed by atoms with E-state index in [1.165, 1.54) is 6.20 Å². The van der Waals surface area contributed by atoms with Gasteiger partial charge in [-0.3, -0.25) is 9.59 Å². The van der Waals surface area contributed by atoms with Crippen LogP contribution in [0, 0.1) is 0 Å². The molecule has 1 amide bonds. The van der Waals surface area contributed by atoms with Crippen molar-refractivity contribution in [3.63, 3.8) is 0 Å². The molecule has 2 aliphatic heterocycles. The van der Waals surface area contributed by atoms with E-state index in [-0.39, 0.29) is 30.0 Å². The van der Waals surface area contributed by atoms with Gasteiger partial charge in [0, 0.05) is 19.9 Å². The molecule has 3 rings (SSSR count). The molecule has 1 aromatic heterocycles. The van der Waals surface area contributed by atoms with Gasteiger partial charge in [-0.15, -0.1) is 0 Å². The maximum atomic E-state index is 13.1. The molecule has 0 radical (unpaired) electrons. The van der Waals surface area contributed by atoms with Gasteiger partial charge >= 0.3 is 5.97 Å². The monoisotopic (exact) mass is 364 g/mol. The number of rotatable bonds is 5. The Bertz CT molecular complexity index is 802. The van der Waals surface area contributed by atoms with Gasteiger partial charge in [0.15, 0.2) is 11.4 Å². The number of likely N-dealkylation sites (N-methyl/N-ethyl adjacent to an activating group) is 1. The molecule has 1 fully saturated rings. The fraction of sp³-hybridized carbons (Fsp3) is 0.611. The summed E-state index contributed by atoms with van der Waals surface area (Å²) in [6, 6.07) is -0.291. The zero-order chi connectivity index (χ0) is 19.1. The summed E-state index contributed by atoms with van der Waals surface area (Å²) >= 11 is 0. The number of carboxylic acid groups (broad SMARTS) is 1. The third kappa shape index (κ3) is 2.68. The van der Waals surface area contributed by atoms with Crippen molar-refractivity contribution in [3.8, 4) is 5.75 Å². The number of unbranched alkanes of at least 4 members (excludes halogenated alkanes) is 1. The van der Waals surface area contributed by atoms with Crippen molar-refractivity contribution in [2.75, 3.05) is 26.9 Å². The normalized spacial score (nSPS) is 24.8. The standard InChI is InChI=1S/C18H24N2O6/c1-4-5-7-26-15-13-16(22)19(3)18(2)6-8-25-10-12(18)20(13)9-11(14(15)21)17(23)24/h9,12H,4-8,10H2,1-3H3,(H,23,24)/t12-,18+/m0/s1. The molecule has 0 saturated carbocycles. The molecule has 2 aliphatic rings. The van der Waals surface area contributed by atoms with Gasteiger partial charge < -0.3 is 24.0 Å². The lowest BCUT2D eigenvalue weighted by Crippen LogP contribution is -2.61. The van der Waals surface area contributed by atoms with Crippen molar-refractivity contribution >= 4 is 11.9 Å². The van der Waals surface area contributed by atoms with Crippen LogP contribution in [0.2, 0.25) is 0 Å². The van der Waals surface area contributed by atoms with E-state index in [0.717, 1.165) is 6.42 Å². The number of ether oxygens (including phenoxy) is 2. The second kappa shape index (κ2) is 6.75. The largest absolute Gasteiger partial charge is 0.487 e. The molecule has 0 spiro atoms. The molecule has 142 valence electrons. The summed E-state index contributed by atoms with van der Waals surface area (Å²) in [5, 5.41) is 9.45. The van der Waals surface area contributed by atoms with E-state index in [0.29, 0.717) is 26.1 Å². The lowest BCUT2D eigenvalue weighted by Gasteiger charge is -2.52. The van der Waals surface area contributed by atoms with E-state index in [1.807, 2.05) is 13.8 Å². The number of carbonyl (C=O) groups excluding carboxylic acids is 1. The fourth-order valence-electron chi connectivity index (χ4n) is 3.65. The van der Waals surface area contributed by atoms with Crippen molar-refractivity contribution in [1.82, 2.24) is 9.47 Å². The number of amides is 1. The number of aromatic nitrogens is 1. The Labute approximate surface area is 151 Å². The van der Waals surface area contributed by atoms with Crippen LogP contribution < -0.4 is 10.2 Å². The summed E-state index contributed by atoms with van der Waals surface area (Å²) in [5.41, 5.74) is -1.58. The maximum Gasteiger partial charge on any atom is 0.341 e. The Morgan fingerprint density at radius 1 is 1.46 bits per heavy atom. The minimum atomic E-state index is -1.34. The zero-order valence-electron chi connectivity index (χ0n) is 15.3. The highest BCUT2D eigenvalue weighted by atomic mass is 16.5. The molecule has 26 heavy (non-hydrogen) atoms. The molecular weight excluding hydrogens is 340 g/mol. The van der Waals surface area contributed by atoms with Gasteiger partial charge in [0.1, 0.15) is 5.56 Å². The lowest BCUT2D eigenvalue weighted by atomic mass is 9.82. The van der Waals surface area contributed by atoms with Crippen LogP contribution in [-0.4, -0.2) is 58.9 Å². The summed E-state index contributed by atoms with van der Waals surface area (Å²) in [7, 11) is 1.70. The first kappa shape index (κ1) is 18.4. The van der Waals surface area contributed by atoms with Crippen molar-refractivity contribution in [2.45, 2.75) is 44.7 Å². The number of aromatic carboxylic acids is 1. The zero-order valence-corrected chi connectivity index (χ0v) is 15.3. The molecule has 8 heteroatoms. The number of hydrogen-bond donors (Lipinski definition) is 1. The number of carboxylic acids is 1. The summed E-state index contributed by atoms with van der Waals surface area (Å²) < 4.78 is 12.8. The predicted octanol–water partition coefficient (Wildman–Crippen LogP) is 1.53. The van der Waals surface area contributed by atoms with Crippen molar-refractivity contribution in [2.24, 2.45) is 0 Å². The van der Waals surface area contributed by atoms with Crippen molar-refractivity contribution in [3.05, 3.63) is 27.7 Å². The SMILES string of the molecule is CCCCOc1c2n(cc(C(=O)O)c1=O)[C@H]1COCC[C@@]1(C)N(C)C2=O. The van der Waals surface area contributed by atoms with E-state index < -0.39 is 22.5 Å². The minimum Gasteiger partial charge on any atom is -0.487 e. The molecule has 8 nitrogen and oxygen atoms in total. The van der Waals surface area contributed by atoms with Crippen LogP contribution in [0.25, 0.3) is 0 Å². The summed E-state index contributed by atoms with van der Waals surface area (Å²) in [6.07, 6.45) is 3.43. The molecule has 1 N–H and O–H groups in total. The minimum absolute atomic E-state index is 0.103.